The average molecular weight is 481 g/mol. The molecule has 0 heterocycles. The monoisotopic (exact) mass is 480 g/mol. The molecule has 0 atom stereocenters. The zero-order chi connectivity index (χ0) is 25.0. The zero-order valence-corrected chi connectivity index (χ0v) is 20.8. The van der Waals surface area contributed by atoms with Crippen LogP contribution in [0.5, 0.6) is 5.75 Å². The topological polar surface area (TPSA) is 101 Å². The molecule has 7 heteroatoms. The Morgan fingerprint density at radius 2 is 1.14 bits per heavy atom. The molecule has 0 aliphatic carbocycles. The molecule has 0 unspecified atom stereocenters. The van der Waals surface area contributed by atoms with E-state index in [1.54, 1.807) is 24.3 Å². The lowest BCUT2D eigenvalue weighted by Crippen LogP contribution is -2.30. The van der Waals surface area contributed by atoms with E-state index >= 15 is 0 Å². The Bertz CT molecular complexity index is 857. The van der Waals surface area contributed by atoms with Crippen molar-refractivity contribution in [3.8, 4) is 11.8 Å². The van der Waals surface area contributed by atoms with Crippen molar-refractivity contribution < 1.29 is 14.9 Å². The predicted octanol–water partition coefficient (Wildman–Crippen LogP) is 6.15. The molecule has 190 valence electrons. The summed E-state index contributed by atoms with van der Waals surface area (Å²) in [7, 11) is 0. The van der Waals surface area contributed by atoms with Gasteiger partial charge in [-0.15, -0.1) is 0 Å². The highest BCUT2D eigenvalue weighted by Crippen LogP contribution is 2.22. The van der Waals surface area contributed by atoms with Crippen molar-refractivity contribution in [2.24, 2.45) is 10.2 Å². The van der Waals surface area contributed by atoms with Crippen LogP contribution in [-0.4, -0.2) is 54.6 Å². The van der Waals surface area contributed by atoms with Crippen molar-refractivity contribution in [1.82, 2.24) is 4.90 Å². The van der Waals surface area contributed by atoms with Gasteiger partial charge in [-0.3, -0.25) is 4.90 Å². The van der Waals surface area contributed by atoms with E-state index in [0.29, 0.717) is 24.3 Å². The molecule has 0 aliphatic rings. The van der Waals surface area contributed by atoms with Crippen molar-refractivity contribution in [3.63, 3.8) is 0 Å². The lowest BCUT2D eigenvalue weighted by Gasteiger charge is -2.19. The smallest absolute Gasteiger partial charge is 0.119 e. The Hall–Kier alpha value is -2.79. The minimum Gasteiger partial charge on any atom is -0.494 e. The van der Waals surface area contributed by atoms with Crippen molar-refractivity contribution in [1.29, 1.82) is 5.26 Å². The Morgan fingerprint density at radius 1 is 0.657 bits per heavy atom. The van der Waals surface area contributed by atoms with E-state index in [-0.39, 0.29) is 13.2 Å². The third kappa shape index (κ3) is 13.0. The van der Waals surface area contributed by atoms with Crippen molar-refractivity contribution >= 4 is 11.4 Å². The highest BCUT2D eigenvalue weighted by Gasteiger charge is 2.02. The van der Waals surface area contributed by atoms with Crippen LogP contribution >= 0.6 is 0 Å². The highest BCUT2D eigenvalue weighted by molar-refractivity contribution is 5.44. The van der Waals surface area contributed by atoms with Crippen LogP contribution in [0.15, 0.2) is 58.8 Å². The molecular formula is C28H40N4O3. The van der Waals surface area contributed by atoms with Gasteiger partial charge in [0, 0.05) is 13.1 Å². The van der Waals surface area contributed by atoms with E-state index in [0.717, 1.165) is 37.4 Å². The maximum atomic E-state index is 9.03. The number of benzene rings is 2. The van der Waals surface area contributed by atoms with Gasteiger partial charge >= 0.3 is 0 Å². The number of rotatable bonds is 19. The Balaban J connectivity index is 1.46. The fourth-order valence-corrected chi connectivity index (χ4v) is 3.81. The van der Waals surface area contributed by atoms with Gasteiger partial charge in [-0.05, 0) is 67.9 Å². The zero-order valence-electron chi connectivity index (χ0n) is 20.8. The molecule has 0 saturated heterocycles. The summed E-state index contributed by atoms with van der Waals surface area (Å²) < 4.78 is 5.84. The summed E-state index contributed by atoms with van der Waals surface area (Å²) in [6, 6.07) is 16.7. The first-order chi connectivity index (χ1) is 17.2. The number of ether oxygens (including phenoxy) is 1. The molecule has 35 heavy (non-hydrogen) atoms. The number of unbranched alkanes of at least 4 members (excludes halogenated alkanes) is 8. The quantitative estimate of drug-likeness (QED) is 0.185. The van der Waals surface area contributed by atoms with Gasteiger partial charge in [-0.25, -0.2) is 0 Å². The summed E-state index contributed by atoms with van der Waals surface area (Å²) in [5.74, 6) is 0.846. The van der Waals surface area contributed by atoms with Gasteiger partial charge in [0.2, 0.25) is 0 Å². The highest BCUT2D eigenvalue weighted by atomic mass is 16.5. The summed E-state index contributed by atoms with van der Waals surface area (Å²) in [4.78, 5) is 2.13. The van der Waals surface area contributed by atoms with Crippen LogP contribution in [0, 0.1) is 11.3 Å². The Labute approximate surface area is 210 Å². The van der Waals surface area contributed by atoms with Crippen molar-refractivity contribution in [3.05, 3.63) is 54.1 Å². The normalized spacial score (nSPS) is 11.3. The Kier molecular flexibility index (Phi) is 15.1. The van der Waals surface area contributed by atoms with E-state index < -0.39 is 0 Å². The summed E-state index contributed by atoms with van der Waals surface area (Å²) in [5.41, 5.74) is 2.08. The molecule has 0 aliphatic heterocycles. The largest absolute Gasteiger partial charge is 0.494 e. The van der Waals surface area contributed by atoms with Crippen LogP contribution in [0.3, 0.4) is 0 Å². The van der Waals surface area contributed by atoms with E-state index in [2.05, 4.69) is 21.2 Å². The van der Waals surface area contributed by atoms with Crippen LogP contribution in [-0.2, 0) is 0 Å². The van der Waals surface area contributed by atoms with Gasteiger partial charge < -0.3 is 14.9 Å². The minimum absolute atomic E-state index is 0.159. The van der Waals surface area contributed by atoms with Gasteiger partial charge in [0.1, 0.15) is 5.75 Å². The van der Waals surface area contributed by atoms with Gasteiger partial charge in [0.05, 0.1) is 42.8 Å². The first kappa shape index (κ1) is 28.4. The third-order valence-electron chi connectivity index (χ3n) is 5.83. The van der Waals surface area contributed by atoms with Gasteiger partial charge in [0.25, 0.3) is 0 Å². The second-order valence-electron chi connectivity index (χ2n) is 8.67. The van der Waals surface area contributed by atoms with Crippen LogP contribution in [0.2, 0.25) is 0 Å². The summed E-state index contributed by atoms with van der Waals surface area (Å²) in [6.07, 6.45) is 11.0. The van der Waals surface area contributed by atoms with Gasteiger partial charge in [-0.1, -0.05) is 44.9 Å². The van der Waals surface area contributed by atoms with Gasteiger partial charge in [0.15, 0.2) is 0 Å². The molecule has 0 fully saturated rings. The molecule has 0 aromatic heterocycles. The number of hydrogen-bond donors (Lipinski definition) is 2. The molecule has 0 radical (unpaired) electrons. The standard InChI is InChI=1S/C28H40N4O3/c29-24-25-10-12-26(13-11-25)30-31-27-14-16-28(17-15-27)35-23-9-7-5-3-1-2-4-6-8-18-32(19-21-33)20-22-34/h10-17,33-34H,1-9,18-23H2. The van der Waals surface area contributed by atoms with Crippen molar-refractivity contribution in [2.45, 2.75) is 57.8 Å². The fraction of sp³-hybridized carbons (Fsp3) is 0.536. The number of aliphatic hydroxyl groups is 2. The number of aliphatic hydroxyl groups excluding tert-OH is 2. The van der Waals surface area contributed by atoms with Crippen molar-refractivity contribution in [2.75, 3.05) is 39.5 Å². The molecule has 2 N–H and O–H groups in total. The number of hydrogen-bond acceptors (Lipinski definition) is 7. The molecule has 0 bridgehead atoms. The SMILES string of the molecule is N#Cc1ccc(N=Nc2ccc(OCCCCCCCCCCCN(CCO)CCO)cc2)cc1. The Morgan fingerprint density at radius 3 is 1.66 bits per heavy atom. The second-order valence-corrected chi connectivity index (χ2v) is 8.67. The predicted molar refractivity (Wildman–Crippen MR) is 139 cm³/mol. The van der Waals surface area contributed by atoms with E-state index in [4.69, 9.17) is 20.2 Å². The maximum Gasteiger partial charge on any atom is 0.119 e. The molecular weight excluding hydrogens is 440 g/mol. The molecule has 0 saturated carbocycles. The molecule has 7 nitrogen and oxygen atoms in total. The van der Waals surface area contributed by atoms with E-state index in [9.17, 15) is 0 Å². The number of nitriles is 1. The average Bonchev–Trinajstić information content (AvgIpc) is 2.89. The van der Waals surface area contributed by atoms with E-state index in [1.165, 1.54) is 44.9 Å². The summed E-state index contributed by atoms with van der Waals surface area (Å²) >= 11 is 0. The maximum absolute atomic E-state index is 9.03. The van der Waals surface area contributed by atoms with Crippen LogP contribution in [0.25, 0.3) is 0 Å². The second kappa shape index (κ2) is 18.5. The fourth-order valence-electron chi connectivity index (χ4n) is 3.81. The van der Waals surface area contributed by atoms with Crippen LogP contribution in [0.4, 0.5) is 11.4 Å². The molecule has 2 aromatic rings. The molecule has 0 amide bonds. The summed E-state index contributed by atoms with van der Waals surface area (Å²) in [6.45, 7) is 3.32. The lowest BCUT2D eigenvalue weighted by molar-refractivity contribution is 0.159. The van der Waals surface area contributed by atoms with Gasteiger partial charge in [-0.2, -0.15) is 15.5 Å². The third-order valence-corrected chi connectivity index (χ3v) is 5.83. The first-order valence-electron chi connectivity index (χ1n) is 12.8. The minimum atomic E-state index is 0.159. The van der Waals surface area contributed by atoms with Crippen LogP contribution in [0.1, 0.15) is 63.4 Å². The first-order valence-corrected chi connectivity index (χ1v) is 12.8. The summed E-state index contributed by atoms with van der Waals surface area (Å²) in [5, 5.41) is 35.3. The molecule has 2 aromatic carbocycles. The van der Waals surface area contributed by atoms with E-state index in [1.807, 2.05) is 24.3 Å². The molecule has 0 spiro atoms. The van der Waals surface area contributed by atoms with Crippen LogP contribution < -0.4 is 4.74 Å². The molecule has 2 rings (SSSR count). The number of azo groups is 1. The number of nitrogens with zero attached hydrogens (tertiary/aromatic N) is 4. The lowest BCUT2D eigenvalue weighted by atomic mass is 10.1.